The molecular formula is C25H25F3N4O4. The quantitative estimate of drug-likeness (QED) is 0.516. The van der Waals surface area contributed by atoms with Gasteiger partial charge in [0, 0.05) is 37.7 Å². The molecule has 2 aliphatic heterocycles. The van der Waals surface area contributed by atoms with E-state index in [9.17, 15) is 18.0 Å². The second-order valence-electron chi connectivity index (χ2n) is 8.84. The van der Waals surface area contributed by atoms with Gasteiger partial charge in [0.05, 0.1) is 19.1 Å². The van der Waals surface area contributed by atoms with Crippen LogP contribution in [0, 0.1) is 0 Å². The summed E-state index contributed by atoms with van der Waals surface area (Å²) in [6.07, 6.45) is -4.16. The minimum absolute atomic E-state index is 0.104. The van der Waals surface area contributed by atoms with Gasteiger partial charge in [0.25, 0.3) is 0 Å². The summed E-state index contributed by atoms with van der Waals surface area (Å²) < 4.78 is 53.1. The lowest BCUT2D eigenvalue weighted by atomic mass is 9.84. The second kappa shape index (κ2) is 10.2. The zero-order chi connectivity index (χ0) is 25.1. The molecule has 2 aliphatic rings. The molecule has 0 aliphatic carbocycles. The van der Waals surface area contributed by atoms with E-state index in [0.717, 1.165) is 11.1 Å². The molecule has 0 radical (unpaired) electrons. The molecule has 0 saturated carbocycles. The summed E-state index contributed by atoms with van der Waals surface area (Å²) >= 11 is 0. The van der Waals surface area contributed by atoms with E-state index in [1.54, 1.807) is 21.9 Å². The van der Waals surface area contributed by atoms with E-state index in [1.165, 1.54) is 12.1 Å². The van der Waals surface area contributed by atoms with Gasteiger partial charge in [-0.3, -0.25) is 0 Å². The number of rotatable bonds is 4. The molecule has 2 aromatic carbocycles. The van der Waals surface area contributed by atoms with Crippen LogP contribution in [0.1, 0.15) is 29.7 Å². The van der Waals surface area contributed by atoms with E-state index in [2.05, 4.69) is 14.9 Å². The van der Waals surface area contributed by atoms with Gasteiger partial charge in [0.2, 0.25) is 11.8 Å². The van der Waals surface area contributed by atoms with Crippen LogP contribution in [0.4, 0.5) is 18.0 Å². The van der Waals surface area contributed by atoms with Crippen LogP contribution >= 0.6 is 0 Å². The van der Waals surface area contributed by atoms with Gasteiger partial charge in [-0.25, -0.2) is 4.79 Å². The molecule has 2 amide bonds. The average molecular weight is 502 g/mol. The number of nitrogens with zero attached hydrogens (tertiary/aromatic N) is 4. The predicted molar refractivity (Wildman–Crippen MR) is 122 cm³/mol. The van der Waals surface area contributed by atoms with Gasteiger partial charge < -0.3 is 23.7 Å². The van der Waals surface area contributed by atoms with Crippen LogP contribution in [0.5, 0.6) is 5.75 Å². The van der Waals surface area contributed by atoms with E-state index in [1.807, 2.05) is 30.3 Å². The topological polar surface area (TPSA) is 80.9 Å². The van der Waals surface area contributed by atoms with Crippen LogP contribution in [0.25, 0.3) is 11.5 Å². The molecule has 2 atom stereocenters. The van der Waals surface area contributed by atoms with E-state index in [-0.39, 0.29) is 23.6 Å². The van der Waals surface area contributed by atoms with Crippen LogP contribution in [0.15, 0.2) is 59.0 Å². The molecule has 2 saturated heterocycles. The second-order valence-corrected chi connectivity index (χ2v) is 8.84. The largest absolute Gasteiger partial charge is 0.573 e. The van der Waals surface area contributed by atoms with E-state index < -0.39 is 6.36 Å². The highest BCUT2D eigenvalue weighted by molar-refractivity contribution is 5.75. The molecule has 11 heteroatoms. The number of hydrogen-bond acceptors (Lipinski definition) is 6. The maximum Gasteiger partial charge on any atom is 0.573 e. The SMILES string of the molecule is O=C(N1CCOCC1)N1CC(c2ccc(OC(F)(F)F)cc2)CC(c2nnc(-c3ccccc3)o2)C1. The third-order valence-electron chi connectivity index (χ3n) is 6.40. The number of benzene rings is 2. The van der Waals surface area contributed by atoms with Crippen LogP contribution < -0.4 is 4.74 Å². The first kappa shape index (κ1) is 24.1. The monoisotopic (exact) mass is 502 g/mol. The third-order valence-corrected chi connectivity index (χ3v) is 6.40. The zero-order valence-electron chi connectivity index (χ0n) is 19.4. The van der Waals surface area contributed by atoms with Gasteiger partial charge in [0.15, 0.2) is 0 Å². The molecule has 0 N–H and O–H groups in total. The number of carbonyl (C=O) groups is 1. The lowest BCUT2D eigenvalue weighted by Gasteiger charge is -2.40. The number of ether oxygens (including phenoxy) is 2. The Labute approximate surface area is 205 Å². The lowest BCUT2D eigenvalue weighted by molar-refractivity contribution is -0.274. The standard InChI is InChI=1S/C25H25F3N4O4/c26-25(27,28)36-21-8-6-17(7-9-21)19-14-20(16-32(15-19)24(33)31-10-12-34-13-11-31)23-30-29-22(35-23)18-4-2-1-3-5-18/h1-9,19-20H,10-16H2. The zero-order valence-corrected chi connectivity index (χ0v) is 19.4. The molecule has 5 rings (SSSR count). The van der Waals surface area contributed by atoms with Gasteiger partial charge in [-0.15, -0.1) is 23.4 Å². The molecule has 0 bridgehead atoms. The number of morpholine rings is 1. The Morgan fingerprint density at radius 3 is 2.31 bits per heavy atom. The Morgan fingerprint density at radius 2 is 1.61 bits per heavy atom. The number of likely N-dealkylation sites (tertiary alicyclic amines) is 1. The van der Waals surface area contributed by atoms with Gasteiger partial charge in [-0.05, 0) is 36.2 Å². The van der Waals surface area contributed by atoms with E-state index >= 15 is 0 Å². The smallest absolute Gasteiger partial charge is 0.420 e. The van der Waals surface area contributed by atoms with Crippen molar-refractivity contribution in [3.05, 3.63) is 66.1 Å². The van der Waals surface area contributed by atoms with Crippen molar-refractivity contribution in [2.24, 2.45) is 0 Å². The molecule has 2 fully saturated rings. The molecule has 190 valence electrons. The molecule has 3 aromatic rings. The molecule has 3 heterocycles. The summed E-state index contributed by atoms with van der Waals surface area (Å²) in [5.41, 5.74) is 1.60. The number of urea groups is 1. The van der Waals surface area contributed by atoms with Crippen LogP contribution in [-0.2, 0) is 4.74 Å². The van der Waals surface area contributed by atoms with Gasteiger partial charge >= 0.3 is 12.4 Å². The molecule has 2 unspecified atom stereocenters. The average Bonchev–Trinajstić information content (AvgIpc) is 3.39. The Morgan fingerprint density at radius 1 is 0.917 bits per heavy atom. The fourth-order valence-electron chi connectivity index (χ4n) is 4.67. The number of alkyl halides is 3. The van der Waals surface area contributed by atoms with Gasteiger partial charge in [-0.2, -0.15) is 0 Å². The number of amides is 2. The molecular weight excluding hydrogens is 477 g/mol. The van der Waals surface area contributed by atoms with Crippen LogP contribution in [-0.4, -0.2) is 71.8 Å². The number of piperidine rings is 1. The Kier molecular flexibility index (Phi) is 6.82. The molecule has 1 aromatic heterocycles. The minimum Gasteiger partial charge on any atom is -0.420 e. The molecule has 8 nitrogen and oxygen atoms in total. The maximum absolute atomic E-state index is 13.3. The number of hydrogen-bond donors (Lipinski definition) is 0. The maximum atomic E-state index is 13.3. The number of aromatic nitrogens is 2. The van der Waals surface area contributed by atoms with Crippen molar-refractivity contribution in [3.63, 3.8) is 0 Å². The van der Waals surface area contributed by atoms with E-state index in [0.29, 0.717) is 57.6 Å². The van der Waals surface area contributed by atoms with Crippen molar-refractivity contribution in [1.29, 1.82) is 0 Å². The first-order chi connectivity index (χ1) is 17.4. The minimum atomic E-state index is -4.76. The fraction of sp³-hybridized carbons (Fsp3) is 0.400. The number of carbonyl (C=O) groups excluding carboxylic acids is 1. The van der Waals surface area contributed by atoms with Gasteiger partial charge in [0.1, 0.15) is 5.75 Å². The first-order valence-corrected chi connectivity index (χ1v) is 11.7. The summed E-state index contributed by atoms with van der Waals surface area (Å²) in [6.45, 7) is 2.80. The van der Waals surface area contributed by atoms with Crippen molar-refractivity contribution in [1.82, 2.24) is 20.0 Å². The van der Waals surface area contributed by atoms with Crippen LogP contribution in [0.3, 0.4) is 0 Å². The fourth-order valence-corrected chi connectivity index (χ4v) is 4.67. The highest BCUT2D eigenvalue weighted by Crippen LogP contribution is 2.37. The van der Waals surface area contributed by atoms with Crippen molar-refractivity contribution >= 4 is 6.03 Å². The first-order valence-electron chi connectivity index (χ1n) is 11.7. The predicted octanol–water partition coefficient (Wildman–Crippen LogP) is 4.66. The van der Waals surface area contributed by atoms with Gasteiger partial charge in [-0.1, -0.05) is 30.3 Å². The normalized spacial score (nSPS) is 20.9. The van der Waals surface area contributed by atoms with E-state index in [4.69, 9.17) is 9.15 Å². The summed E-state index contributed by atoms with van der Waals surface area (Å²) in [5.74, 6) is 0.164. The summed E-state index contributed by atoms with van der Waals surface area (Å²) in [6, 6.07) is 15.1. The number of halogens is 3. The lowest BCUT2D eigenvalue weighted by Crippen LogP contribution is -2.52. The Bertz CT molecular complexity index is 1160. The van der Waals surface area contributed by atoms with Crippen LogP contribution in [0.2, 0.25) is 0 Å². The molecule has 0 spiro atoms. The molecule has 36 heavy (non-hydrogen) atoms. The third kappa shape index (κ3) is 5.62. The Hall–Kier alpha value is -3.60. The Balaban J connectivity index is 1.39. The highest BCUT2D eigenvalue weighted by Gasteiger charge is 2.37. The highest BCUT2D eigenvalue weighted by atomic mass is 19.4. The van der Waals surface area contributed by atoms with Crippen molar-refractivity contribution < 1.29 is 31.9 Å². The summed E-state index contributed by atoms with van der Waals surface area (Å²) in [7, 11) is 0. The van der Waals surface area contributed by atoms with Crippen molar-refractivity contribution in [3.8, 4) is 17.2 Å². The van der Waals surface area contributed by atoms with Crippen molar-refractivity contribution in [2.45, 2.75) is 24.6 Å². The summed E-state index contributed by atoms with van der Waals surface area (Å²) in [5, 5.41) is 8.47. The summed E-state index contributed by atoms with van der Waals surface area (Å²) in [4.78, 5) is 16.8. The van der Waals surface area contributed by atoms with Crippen molar-refractivity contribution in [2.75, 3.05) is 39.4 Å².